The normalized spacial score (nSPS) is 28.6. The molecule has 2 saturated heterocycles. The number of halogens is 2. The molecule has 22 heavy (non-hydrogen) atoms. The summed E-state index contributed by atoms with van der Waals surface area (Å²) in [6.45, 7) is 7.89. The lowest BCUT2D eigenvalue weighted by molar-refractivity contribution is -0.154. The molecule has 2 heterocycles. The van der Waals surface area contributed by atoms with Crippen LogP contribution in [0, 0.1) is 5.41 Å². The number of nitrogens with zero attached hydrogens (tertiary/aromatic N) is 2. The maximum absolute atomic E-state index is 14.0. The van der Waals surface area contributed by atoms with Crippen molar-refractivity contribution in [1.29, 1.82) is 0 Å². The van der Waals surface area contributed by atoms with Gasteiger partial charge in [0.2, 0.25) is 0 Å². The van der Waals surface area contributed by atoms with E-state index in [4.69, 9.17) is 4.74 Å². The summed E-state index contributed by atoms with van der Waals surface area (Å²) in [5.74, 6) is -3.08. The van der Waals surface area contributed by atoms with Gasteiger partial charge in [-0.2, -0.15) is 0 Å². The first-order valence-corrected chi connectivity index (χ1v) is 7.56. The Labute approximate surface area is 130 Å². The zero-order valence-corrected chi connectivity index (χ0v) is 13.4. The second-order valence-electron chi connectivity index (χ2n) is 6.72. The third kappa shape index (κ3) is 3.31. The van der Waals surface area contributed by atoms with Crippen LogP contribution in [0.3, 0.4) is 0 Å². The quantitative estimate of drug-likeness (QED) is 0.590. The maximum Gasteiger partial charge on any atom is 0.311 e. The monoisotopic (exact) mass is 317 g/mol. The molecular weight excluding hydrogens is 292 g/mol. The molecule has 0 bridgehead atoms. The fourth-order valence-electron chi connectivity index (χ4n) is 3.11. The number of nitrogens with one attached hydrogen (secondary N) is 1. The lowest BCUT2D eigenvalue weighted by Gasteiger charge is -2.34. The average Bonchev–Trinajstić information content (AvgIpc) is 2.91. The molecular formula is C15H25F2N3O2. The largest absolute Gasteiger partial charge is 0.461 e. The van der Waals surface area contributed by atoms with E-state index in [2.05, 4.69) is 11.9 Å². The van der Waals surface area contributed by atoms with Crippen LogP contribution < -0.4 is 5.32 Å². The summed E-state index contributed by atoms with van der Waals surface area (Å²) < 4.78 is 33.1. The number of hydrazine groups is 1. The fraction of sp³-hybridized carbons (Fsp3) is 0.800. The van der Waals surface area contributed by atoms with E-state index in [-0.39, 0.29) is 25.2 Å². The summed E-state index contributed by atoms with van der Waals surface area (Å²) in [7, 11) is 1.80. The van der Waals surface area contributed by atoms with Gasteiger partial charge in [-0.25, -0.2) is 18.8 Å². The second kappa shape index (κ2) is 6.22. The Hall–Kier alpha value is -1.05. The molecule has 2 atom stereocenters. The smallest absolute Gasteiger partial charge is 0.311 e. The van der Waals surface area contributed by atoms with E-state index < -0.39 is 17.4 Å². The van der Waals surface area contributed by atoms with E-state index in [1.54, 1.807) is 25.9 Å². The Bertz CT molecular complexity index is 443. The molecule has 0 aliphatic carbocycles. The van der Waals surface area contributed by atoms with Crippen LogP contribution in [0.25, 0.3) is 0 Å². The maximum atomic E-state index is 14.0. The van der Waals surface area contributed by atoms with Crippen LogP contribution in [0.1, 0.15) is 20.3 Å². The first-order valence-electron chi connectivity index (χ1n) is 7.56. The van der Waals surface area contributed by atoms with Crippen LogP contribution in [0.4, 0.5) is 8.78 Å². The highest BCUT2D eigenvalue weighted by atomic mass is 19.3. The Morgan fingerprint density at radius 1 is 1.55 bits per heavy atom. The summed E-state index contributed by atoms with van der Waals surface area (Å²) in [6.07, 6.45) is 1.96. The zero-order valence-electron chi connectivity index (χ0n) is 13.4. The molecule has 0 aromatic heterocycles. The van der Waals surface area contributed by atoms with Gasteiger partial charge in [-0.15, -0.1) is 0 Å². The molecule has 0 amide bonds. The predicted molar refractivity (Wildman–Crippen MR) is 79.4 cm³/mol. The van der Waals surface area contributed by atoms with Crippen molar-refractivity contribution in [3.63, 3.8) is 0 Å². The number of carbonyl (C=O) groups is 1. The minimum atomic E-state index is -2.75. The first kappa shape index (κ1) is 17.3. The molecule has 1 N–H and O–H groups in total. The molecule has 2 fully saturated rings. The summed E-state index contributed by atoms with van der Waals surface area (Å²) in [6, 6.07) is -1.06. The predicted octanol–water partition coefficient (Wildman–Crippen LogP) is 1.27. The molecule has 2 aliphatic heterocycles. The van der Waals surface area contributed by atoms with Crippen molar-refractivity contribution < 1.29 is 18.3 Å². The highest BCUT2D eigenvalue weighted by Crippen LogP contribution is 2.36. The van der Waals surface area contributed by atoms with Gasteiger partial charge in [-0.3, -0.25) is 4.79 Å². The Morgan fingerprint density at radius 3 is 2.86 bits per heavy atom. The van der Waals surface area contributed by atoms with Gasteiger partial charge < -0.3 is 10.1 Å². The summed E-state index contributed by atoms with van der Waals surface area (Å²) in [5.41, 5.74) is -0.719. The SMILES string of the molecule is C=CCOC(=O)C(C)(C)CCN1[C@@H]2[C@H](CN1C)NCC2(F)F. The topological polar surface area (TPSA) is 44.8 Å². The highest BCUT2D eigenvalue weighted by molar-refractivity contribution is 5.75. The third-order valence-electron chi connectivity index (χ3n) is 4.49. The fourth-order valence-corrected chi connectivity index (χ4v) is 3.11. The van der Waals surface area contributed by atoms with Gasteiger partial charge in [0.1, 0.15) is 12.6 Å². The lowest BCUT2D eigenvalue weighted by atomic mass is 9.89. The number of hydrogen-bond donors (Lipinski definition) is 1. The number of hydrogen-bond acceptors (Lipinski definition) is 5. The molecule has 0 aromatic carbocycles. The van der Waals surface area contributed by atoms with E-state index >= 15 is 0 Å². The Morgan fingerprint density at radius 2 is 2.23 bits per heavy atom. The Kier molecular flexibility index (Phi) is 4.89. The average molecular weight is 317 g/mol. The van der Waals surface area contributed by atoms with Gasteiger partial charge in [-0.05, 0) is 20.3 Å². The summed E-state index contributed by atoms with van der Waals surface area (Å²) >= 11 is 0. The molecule has 0 unspecified atom stereocenters. The number of fused-ring (bicyclic) bond motifs is 1. The third-order valence-corrected chi connectivity index (χ3v) is 4.49. The second-order valence-corrected chi connectivity index (χ2v) is 6.72. The summed E-state index contributed by atoms with van der Waals surface area (Å²) in [4.78, 5) is 12.0. The zero-order chi connectivity index (χ0) is 16.5. The number of rotatable bonds is 6. The van der Waals surface area contributed by atoms with Crippen molar-refractivity contribution >= 4 is 5.97 Å². The molecule has 0 radical (unpaired) electrons. The molecule has 2 rings (SSSR count). The molecule has 2 aliphatic rings. The van der Waals surface area contributed by atoms with Crippen molar-refractivity contribution in [3.05, 3.63) is 12.7 Å². The van der Waals surface area contributed by atoms with Gasteiger partial charge >= 0.3 is 5.97 Å². The van der Waals surface area contributed by atoms with Gasteiger partial charge in [0, 0.05) is 26.2 Å². The van der Waals surface area contributed by atoms with Gasteiger partial charge in [0.05, 0.1) is 12.0 Å². The molecule has 5 nitrogen and oxygen atoms in total. The van der Waals surface area contributed by atoms with Crippen molar-refractivity contribution in [1.82, 2.24) is 15.3 Å². The number of alkyl halides is 2. The van der Waals surface area contributed by atoms with Crippen LogP contribution in [0.2, 0.25) is 0 Å². The van der Waals surface area contributed by atoms with E-state index in [1.165, 1.54) is 6.08 Å². The van der Waals surface area contributed by atoms with Crippen molar-refractivity contribution in [2.45, 2.75) is 38.3 Å². The molecule has 7 heteroatoms. The van der Waals surface area contributed by atoms with Gasteiger partial charge in [-0.1, -0.05) is 12.7 Å². The lowest BCUT2D eigenvalue weighted by Crippen LogP contribution is -2.50. The van der Waals surface area contributed by atoms with E-state index in [9.17, 15) is 13.6 Å². The van der Waals surface area contributed by atoms with Crippen LogP contribution in [-0.2, 0) is 9.53 Å². The minimum absolute atomic E-state index is 0.165. The van der Waals surface area contributed by atoms with Crippen molar-refractivity contribution in [3.8, 4) is 0 Å². The van der Waals surface area contributed by atoms with Crippen LogP contribution in [0.5, 0.6) is 0 Å². The van der Waals surface area contributed by atoms with Gasteiger partial charge in [0.25, 0.3) is 5.92 Å². The molecule has 0 saturated carbocycles. The standard InChI is InChI=1S/C15H25F2N3O2/c1-5-8-22-13(21)14(2,3)6-7-20-12-11(9-19(20)4)18-10-15(12,16)17/h5,11-12,18H,1,6-10H2,2-4H3/t11-,12+/m0/s1. The van der Waals surface area contributed by atoms with E-state index in [0.29, 0.717) is 19.5 Å². The molecule has 0 spiro atoms. The highest BCUT2D eigenvalue weighted by Gasteiger charge is 2.57. The summed E-state index contributed by atoms with van der Waals surface area (Å²) in [5, 5.41) is 6.39. The number of ether oxygens (including phenoxy) is 1. The Balaban J connectivity index is 1.97. The van der Waals surface area contributed by atoms with Crippen molar-refractivity contribution in [2.75, 3.05) is 33.3 Å². The van der Waals surface area contributed by atoms with Gasteiger partial charge in [0.15, 0.2) is 0 Å². The number of esters is 1. The number of likely N-dealkylation sites (N-methyl/N-ethyl adjacent to an activating group) is 1. The minimum Gasteiger partial charge on any atom is -0.461 e. The van der Waals surface area contributed by atoms with Crippen LogP contribution in [0.15, 0.2) is 12.7 Å². The van der Waals surface area contributed by atoms with Crippen LogP contribution >= 0.6 is 0 Å². The van der Waals surface area contributed by atoms with Crippen LogP contribution in [-0.4, -0.2) is 67.3 Å². The number of carbonyl (C=O) groups excluding carboxylic acids is 1. The van der Waals surface area contributed by atoms with E-state index in [1.807, 2.05) is 5.01 Å². The van der Waals surface area contributed by atoms with Crippen molar-refractivity contribution in [2.24, 2.45) is 5.41 Å². The van der Waals surface area contributed by atoms with E-state index in [0.717, 1.165) is 0 Å². The first-order chi connectivity index (χ1) is 10.2. The molecule has 0 aromatic rings. The molecule has 126 valence electrons.